The number of nitrogens with zero attached hydrogens (tertiary/aromatic N) is 1. The van der Waals surface area contributed by atoms with Gasteiger partial charge in [-0.3, -0.25) is 4.79 Å². The van der Waals surface area contributed by atoms with Crippen LogP contribution in [-0.4, -0.2) is 16.1 Å². The van der Waals surface area contributed by atoms with E-state index in [2.05, 4.69) is 9.88 Å². The lowest BCUT2D eigenvalue weighted by Gasteiger charge is -2.07. The number of aryl methyl sites for hydroxylation is 2. The molecule has 0 fully saturated rings. The first-order valence-electron chi connectivity index (χ1n) is 5.42. The Labute approximate surface area is 99.5 Å². The quantitative estimate of drug-likeness (QED) is 0.609. The topological polar surface area (TPSA) is 54.3 Å². The van der Waals surface area contributed by atoms with Gasteiger partial charge in [0.1, 0.15) is 5.75 Å². The highest BCUT2D eigenvalue weighted by Gasteiger charge is 2.02. The Kier molecular flexibility index (Phi) is 3.45. The number of carbonyl (C=O) groups is 1. The third-order valence-corrected chi connectivity index (χ3v) is 2.60. The maximum Gasteiger partial charge on any atom is 0.211 e. The largest absolute Gasteiger partial charge is 0.506 e. The van der Waals surface area contributed by atoms with E-state index in [-0.39, 0.29) is 5.75 Å². The number of aromatic nitrogens is 1. The molecule has 2 aromatic rings. The van der Waals surface area contributed by atoms with E-state index in [1.807, 2.05) is 30.6 Å². The van der Waals surface area contributed by atoms with Crippen LogP contribution in [0.1, 0.15) is 5.56 Å². The molecule has 0 saturated heterocycles. The average molecular weight is 230 g/mol. The van der Waals surface area contributed by atoms with Crippen molar-refractivity contribution < 1.29 is 9.90 Å². The number of phenolic OH excluding ortho intramolecular Hbond substituents is 1. The van der Waals surface area contributed by atoms with Gasteiger partial charge in [-0.2, -0.15) is 0 Å². The van der Waals surface area contributed by atoms with Crippen molar-refractivity contribution in [2.24, 2.45) is 0 Å². The second-order valence-electron chi connectivity index (χ2n) is 3.78. The van der Waals surface area contributed by atoms with Crippen molar-refractivity contribution >= 4 is 12.1 Å². The van der Waals surface area contributed by atoms with E-state index in [1.54, 1.807) is 12.1 Å². The van der Waals surface area contributed by atoms with Crippen molar-refractivity contribution in [2.45, 2.75) is 13.0 Å². The van der Waals surface area contributed by atoms with E-state index in [4.69, 9.17) is 0 Å². The van der Waals surface area contributed by atoms with Crippen LogP contribution in [0.25, 0.3) is 0 Å². The summed E-state index contributed by atoms with van der Waals surface area (Å²) in [6.07, 6.45) is 5.42. The van der Waals surface area contributed by atoms with Crippen molar-refractivity contribution in [3.8, 4) is 5.75 Å². The molecule has 0 radical (unpaired) electrons. The number of aromatic hydroxyl groups is 1. The molecule has 4 heteroatoms. The van der Waals surface area contributed by atoms with Gasteiger partial charge in [0.05, 0.1) is 5.69 Å². The van der Waals surface area contributed by atoms with Crippen LogP contribution in [0.3, 0.4) is 0 Å². The summed E-state index contributed by atoms with van der Waals surface area (Å²) in [4.78, 5) is 10.4. The van der Waals surface area contributed by atoms with E-state index in [0.29, 0.717) is 12.1 Å². The molecule has 1 amide bonds. The lowest BCUT2D eigenvalue weighted by atomic mass is 10.1. The highest BCUT2D eigenvalue weighted by molar-refractivity contribution is 5.75. The maximum atomic E-state index is 10.4. The minimum atomic E-state index is 0.0850. The number of benzene rings is 1. The summed E-state index contributed by atoms with van der Waals surface area (Å²) in [6.45, 7) is 0.873. The van der Waals surface area contributed by atoms with Gasteiger partial charge in [0.2, 0.25) is 6.41 Å². The summed E-state index contributed by atoms with van der Waals surface area (Å²) in [6, 6.07) is 9.20. The minimum Gasteiger partial charge on any atom is -0.506 e. The molecule has 0 spiro atoms. The summed E-state index contributed by atoms with van der Waals surface area (Å²) in [7, 11) is 0. The van der Waals surface area contributed by atoms with E-state index in [1.165, 1.54) is 0 Å². The first-order chi connectivity index (χ1) is 8.29. The molecule has 0 saturated carbocycles. The summed E-state index contributed by atoms with van der Waals surface area (Å²) in [5.74, 6) is 0.0850. The van der Waals surface area contributed by atoms with Gasteiger partial charge in [-0.05, 0) is 36.2 Å². The Morgan fingerprint density at radius 3 is 2.76 bits per heavy atom. The Bertz CT molecular complexity index is 492. The zero-order valence-electron chi connectivity index (χ0n) is 9.34. The third kappa shape index (κ3) is 2.87. The molecule has 0 aliphatic rings. The average Bonchev–Trinajstić information content (AvgIpc) is 2.83. The number of amides is 1. The Morgan fingerprint density at radius 2 is 2.06 bits per heavy atom. The van der Waals surface area contributed by atoms with E-state index in [9.17, 15) is 9.90 Å². The normalized spacial score (nSPS) is 10.1. The Morgan fingerprint density at radius 1 is 1.29 bits per heavy atom. The van der Waals surface area contributed by atoms with Gasteiger partial charge in [-0.25, -0.2) is 0 Å². The van der Waals surface area contributed by atoms with Gasteiger partial charge >= 0.3 is 0 Å². The highest BCUT2D eigenvalue weighted by atomic mass is 16.3. The van der Waals surface area contributed by atoms with Crippen molar-refractivity contribution in [3.05, 3.63) is 48.3 Å². The van der Waals surface area contributed by atoms with Crippen LogP contribution in [0.4, 0.5) is 5.69 Å². The van der Waals surface area contributed by atoms with Gasteiger partial charge in [-0.1, -0.05) is 6.07 Å². The summed E-state index contributed by atoms with van der Waals surface area (Å²) >= 11 is 0. The van der Waals surface area contributed by atoms with Crippen LogP contribution >= 0.6 is 0 Å². The lowest BCUT2D eigenvalue weighted by Crippen LogP contribution is -2.00. The maximum absolute atomic E-state index is 10.4. The second kappa shape index (κ2) is 5.21. The molecule has 0 aliphatic heterocycles. The standard InChI is InChI=1S/C13H14N2O2/c16-10-14-12-9-11(3-4-13(12)17)5-8-15-6-1-2-7-15/h1-4,6-7,9-10,17H,5,8H2,(H,14,16). The zero-order valence-corrected chi connectivity index (χ0v) is 9.34. The van der Waals surface area contributed by atoms with E-state index < -0.39 is 0 Å². The monoisotopic (exact) mass is 230 g/mol. The Hall–Kier alpha value is -2.23. The number of hydrogen-bond acceptors (Lipinski definition) is 2. The van der Waals surface area contributed by atoms with Gasteiger partial charge < -0.3 is 15.0 Å². The number of hydrogen-bond donors (Lipinski definition) is 2. The smallest absolute Gasteiger partial charge is 0.211 e. The van der Waals surface area contributed by atoms with Crippen LogP contribution in [-0.2, 0) is 17.8 Å². The molecule has 2 N–H and O–H groups in total. The molecule has 1 heterocycles. The minimum absolute atomic E-state index is 0.0850. The van der Waals surface area contributed by atoms with Gasteiger partial charge in [0, 0.05) is 18.9 Å². The molecule has 88 valence electrons. The van der Waals surface area contributed by atoms with Gasteiger partial charge in [-0.15, -0.1) is 0 Å². The van der Waals surface area contributed by atoms with Crippen molar-refractivity contribution in [1.82, 2.24) is 4.57 Å². The number of nitrogens with one attached hydrogen (secondary N) is 1. The molecule has 4 nitrogen and oxygen atoms in total. The lowest BCUT2D eigenvalue weighted by molar-refractivity contribution is -0.105. The third-order valence-electron chi connectivity index (χ3n) is 2.60. The molecule has 17 heavy (non-hydrogen) atoms. The van der Waals surface area contributed by atoms with Gasteiger partial charge in [0.25, 0.3) is 0 Å². The molecule has 0 bridgehead atoms. The van der Waals surface area contributed by atoms with Crippen LogP contribution in [0.2, 0.25) is 0 Å². The summed E-state index contributed by atoms with van der Waals surface area (Å²) < 4.78 is 2.08. The Balaban J connectivity index is 2.05. The molecular weight excluding hydrogens is 216 g/mol. The van der Waals surface area contributed by atoms with E-state index >= 15 is 0 Å². The fourth-order valence-electron chi connectivity index (χ4n) is 1.70. The number of carbonyl (C=O) groups excluding carboxylic acids is 1. The second-order valence-corrected chi connectivity index (χ2v) is 3.78. The fourth-order valence-corrected chi connectivity index (χ4v) is 1.70. The molecule has 1 aromatic heterocycles. The van der Waals surface area contributed by atoms with Crippen LogP contribution in [0.5, 0.6) is 5.75 Å². The van der Waals surface area contributed by atoms with Crippen molar-refractivity contribution in [3.63, 3.8) is 0 Å². The predicted octanol–water partition coefficient (Wildman–Crippen LogP) is 2.00. The van der Waals surface area contributed by atoms with Crippen LogP contribution in [0.15, 0.2) is 42.7 Å². The van der Waals surface area contributed by atoms with Crippen molar-refractivity contribution in [1.29, 1.82) is 0 Å². The van der Waals surface area contributed by atoms with Gasteiger partial charge in [0.15, 0.2) is 0 Å². The highest BCUT2D eigenvalue weighted by Crippen LogP contribution is 2.23. The SMILES string of the molecule is O=CNc1cc(CCn2cccc2)ccc1O. The molecule has 2 rings (SSSR count). The summed E-state index contributed by atoms with van der Waals surface area (Å²) in [5, 5.41) is 12.0. The first-order valence-corrected chi connectivity index (χ1v) is 5.42. The van der Waals surface area contributed by atoms with Crippen LogP contribution < -0.4 is 5.32 Å². The number of phenols is 1. The fraction of sp³-hybridized carbons (Fsp3) is 0.154. The molecular formula is C13H14N2O2. The molecule has 0 unspecified atom stereocenters. The van der Waals surface area contributed by atoms with Crippen LogP contribution in [0, 0.1) is 0 Å². The predicted molar refractivity (Wildman–Crippen MR) is 65.9 cm³/mol. The van der Waals surface area contributed by atoms with E-state index in [0.717, 1.165) is 18.5 Å². The number of rotatable bonds is 5. The van der Waals surface area contributed by atoms with Crippen molar-refractivity contribution in [2.75, 3.05) is 5.32 Å². The first kappa shape index (κ1) is 11.3. The molecule has 0 aliphatic carbocycles. The molecule has 1 aromatic carbocycles. The number of anilines is 1. The molecule has 0 atom stereocenters. The summed E-state index contributed by atoms with van der Waals surface area (Å²) in [5.41, 5.74) is 1.52. The zero-order chi connectivity index (χ0) is 12.1.